The second-order valence-corrected chi connectivity index (χ2v) is 4.69. The summed E-state index contributed by atoms with van der Waals surface area (Å²) in [4.78, 5) is 0. The molecule has 16 heavy (non-hydrogen) atoms. The van der Waals surface area contributed by atoms with Crippen LogP contribution in [0, 0.1) is 6.92 Å². The third-order valence-corrected chi connectivity index (χ3v) is 3.17. The van der Waals surface area contributed by atoms with E-state index in [-0.39, 0.29) is 5.54 Å². The van der Waals surface area contributed by atoms with Gasteiger partial charge in [-0.25, -0.2) is 0 Å². The Balaban J connectivity index is 2.38. The second kappa shape index (κ2) is 3.98. The maximum atomic E-state index is 6.15. The third-order valence-electron chi connectivity index (χ3n) is 3.17. The second-order valence-electron chi connectivity index (χ2n) is 4.69. The highest BCUT2D eigenvalue weighted by molar-refractivity contribution is 5.49. The van der Waals surface area contributed by atoms with E-state index < -0.39 is 0 Å². The first-order chi connectivity index (χ1) is 7.58. The highest BCUT2D eigenvalue weighted by Crippen LogP contribution is 2.41. The maximum absolute atomic E-state index is 6.15. The number of hydrogen-bond donors (Lipinski definition) is 1. The lowest BCUT2D eigenvalue weighted by molar-refractivity contribution is 0.381. The average molecular weight is 221 g/mol. The van der Waals surface area contributed by atoms with Crippen molar-refractivity contribution in [2.45, 2.75) is 31.7 Å². The van der Waals surface area contributed by atoms with Crippen LogP contribution >= 0.6 is 0 Å². The van der Waals surface area contributed by atoms with Gasteiger partial charge < -0.3 is 15.2 Å². The van der Waals surface area contributed by atoms with E-state index in [9.17, 15) is 0 Å². The van der Waals surface area contributed by atoms with Crippen LogP contribution in [0.1, 0.15) is 24.0 Å². The van der Waals surface area contributed by atoms with Gasteiger partial charge in [0.05, 0.1) is 14.2 Å². The Morgan fingerprint density at radius 3 is 2.06 bits per heavy atom. The highest BCUT2D eigenvalue weighted by atomic mass is 16.5. The molecule has 0 amide bonds. The van der Waals surface area contributed by atoms with Crippen molar-refractivity contribution in [1.82, 2.24) is 0 Å². The molecule has 1 aromatic rings. The normalized spacial score (nSPS) is 17.0. The van der Waals surface area contributed by atoms with Crippen molar-refractivity contribution in [1.29, 1.82) is 0 Å². The van der Waals surface area contributed by atoms with Crippen molar-refractivity contribution in [3.8, 4) is 11.5 Å². The number of nitrogens with two attached hydrogens (primary N) is 1. The van der Waals surface area contributed by atoms with E-state index in [2.05, 4.69) is 0 Å². The molecule has 0 unspecified atom stereocenters. The molecule has 1 aliphatic carbocycles. The fraction of sp³-hybridized carbons (Fsp3) is 0.538. The molecule has 1 aliphatic rings. The van der Waals surface area contributed by atoms with Gasteiger partial charge in [-0.2, -0.15) is 0 Å². The zero-order valence-electron chi connectivity index (χ0n) is 10.2. The first-order valence-corrected chi connectivity index (χ1v) is 5.58. The lowest BCUT2D eigenvalue weighted by Crippen LogP contribution is -2.25. The van der Waals surface area contributed by atoms with Crippen LogP contribution in [-0.4, -0.2) is 19.8 Å². The molecule has 0 aromatic heterocycles. The van der Waals surface area contributed by atoms with E-state index in [4.69, 9.17) is 15.2 Å². The lowest BCUT2D eigenvalue weighted by Gasteiger charge is -2.17. The summed E-state index contributed by atoms with van der Waals surface area (Å²) in [5.41, 5.74) is 8.35. The lowest BCUT2D eigenvalue weighted by atomic mass is 10.0. The van der Waals surface area contributed by atoms with Crippen LogP contribution in [0.4, 0.5) is 0 Å². The summed E-state index contributed by atoms with van der Waals surface area (Å²) in [6.45, 7) is 2.03. The van der Waals surface area contributed by atoms with E-state index in [0.717, 1.165) is 41.9 Å². The molecule has 0 saturated heterocycles. The first kappa shape index (κ1) is 11.3. The smallest absolute Gasteiger partial charge is 0.126 e. The predicted molar refractivity (Wildman–Crippen MR) is 64.1 cm³/mol. The molecule has 3 nitrogen and oxygen atoms in total. The van der Waals surface area contributed by atoms with Crippen LogP contribution in [0.15, 0.2) is 12.1 Å². The summed E-state index contributed by atoms with van der Waals surface area (Å²) in [5, 5.41) is 0. The molecule has 1 saturated carbocycles. The van der Waals surface area contributed by atoms with Gasteiger partial charge in [-0.05, 0) is 43.9 Å². The Kier molecular flexibility index (Phi) is 2.80. The standard InChI is InChI=1S/C13H19NO2/c1-9-6-11(15-2)10(12(7-9)16-3)8-13(14)4-5-13/h6-7H,4-5,8,14H2,1-3H3. The van der Waals surface area contributed by atoms with E-state index >= 15 is 0 Å². The van der Waals surface area contributed by atoms with Crippen LogP contribution in [-0.2, 0) is 6.42 Å². The molecule has 0 atom stereocenters. The molecule has 0 aliphatic heterocycles. The van der Waals surface area contributed by atoms with Crippen LogP contribution in [0.5, 0.6) is 11.5 Å². The number of benzene rings is 1. The third kappa shape index (κ3) is 2.14. The van der Waals surface area contributed by atoms with Gasteiger partial charge in [0.15, 0.2) is 0 Å². The van der Waals surface area contributed by atoms with Crippen molar-refractivity contribution in [2.24, 2.45) is 5.73 Å². The summed E-state index contributed by atoms with van der Waals surface area (Å²) < 4.78 is 10.8. The fourth-order valence-corrected chi connectivity index (χ4v) is 1.98. The van der Waals surface area contributed by atoms with Gasteiger partial charge in [-0.1, -0.05) is 0 Å². The highest BCUT2D eigenvalue weighted by Gasteiger charge is 2.39. The van der Waals surface area contributed by atoms with E-state index in [1.807, 2.05) is 19.1 Å². The fourth-order valence-electron chi connectivity index (χ4n) is 1.98. The molecule has 1 aromatic carbocycles. The SMILES string of the molecule is COc1cc(C)cc(OC)c1CC1(N)CC1. The van der Waals surface area contributed by atoms with Crippen molar-refractivity contribution >= 4 is 0 Å². The minimum atomic E-state index is -0.0319. The van der Waals surface area contributed by atoms with Crippen molar-refractivity contribution < 1.29 is 9.47 Å². The molecule has 2 N–H and O–H groups in total. The van der Waals surface area contributed by atoms with E-state index in [0.29, 0.717) is 0 Å². The summed E-state index contributed by atoms with van der Waals surface area (Å²) in [7, 11) is 3.38. The maximum Gasteiger partial charge on any atom is 0.126 e. The van der Waals surface area contributed by atoms with Gasteiger partial charge in [-0.15, -0.1) is 0 Å². The summed E-state index contributed by atoms with van der Waals surface area (Å²) in [5.74, 6) is 1.77. The topological polar surface area (TPSA) is 44.5 Å². The molecule has 1 fully saturated rings. The molecular formula is C13H19NO2. The summed E-state index contributed by atoms with van der Waals surface area (Å²) in [6, 6.07) is 4.06. The molecular weight excluding hydrogens is 202 g/mol. The Bertz CT molecular complexity index is 372. The number of rotatable bonds is 4. The van der Waals surface area contributed by atoms with Crippen molar-refractivity contribution in [2.75, 3.05) is 14.2 Å². The molecule has 88 valence electrons. The van der Waals surface area contributed by atoms with Crippen molar-refractivity contribution in [3.05, 3.63) is 23.3 Å². The van der Waals surface area contributed by atoms with Gasteiger partial charge in [0.2, 0.25) is 0 Å². The van der Waals surface area contributed by atoms with Gasteiger partial charge in [0.1, 0.15) is 11.5 Å². The Morgan fingerprint density at radius 2 is 1.69 bits per heavy atom. The molecule has 0 spiro atoms. The van der Waals surface area contributed by atoms with Gasteiger partial charge in [0, 0.05) is 11.1 Å². The molecule has 0 bridgehead atoms. The zero-order chi connectivity index (χ0) is 11.8. The van der Waals surface area contributed by atoms with E-state index in [1.54, 1.807) is 14.2 Å². The largest absolute Gasteiger partial charge is 0.496 e. The minimum absolute atomic E-state index is 0.0319. The molecule has 2 rings (SSSR count). The molecule has 3 heteroatoms. The molecule has 0 radical (unpaired) electrons. The number of ether oxygens (including phenoxy) is 2. The van der Waals surface area contributed by atoms with Crippen LogP contribution in [0.3, 0.4) is 0 Å². The quantitative estimate of drug-likeness (QED) is 0.846. The first-order valence-electron chi connectivity index (χ1n) is 5.58. The number of aryl methyl sites for hydroxylation is 1. The number of methoxy groups -OCH3 is 2. The molecule has 0 heterocycles. The van der Waals surface area contributed by atoms with Gasteiger partial charge >= 0.3 is 0 Å². The minimum Gasteiger partial charge on any atom is -0.496 e. The summed E-state index contributed by atoms with van der Waals surface area (Å²) in [6.07, 6.45) is 3.01. The number of hydrogen-bond acceptors (Lipinski definition) is 3. The van der Waals surface area contributed by atoms with Crippen molar-refractivity contribution in [3.63, 3.8) is 0 Å². The van der Waals surface area contributed by atoms with Crippen LogP contribution in [0.2, 0.25) is 0 Å². The summed E-state index contributed by atoms with van der Waals surface area (Å²) >= 11 is 0. The van der Waals surface area contributed by atoms with Gasteiger partial charge in [0.25, 0.3) is 0 Å². The Hall–Kier alpha value is -1.22. The van der Waals surface area contributed by atoms with Crippen LogP contribution < -0.4 is 15.2 Å². The van der Waals surface area contributed by atoms with Crippen LogP contribution in [0.25, 0.3) is 0 Å². The predicted octanol–water partition coefficient (Wildman–Crippen LogP) is 2.05. The zero-order valence-corrected chi connectivity index (χ0v) is 10.2. The van der Waals surface area contributed by atoms with E-state index in [1.165, 1.54) is 0 Å². The van der Waals surface area contributed by atoms with Gasteiger partial charge in [-0.3, -0.25) is 0 Å². The average Bonchev–Trinajstić information content (AvgIpc) is 2.98. The monoisotopic (exact) mass is 221 g/mol. The Labute approximate surface area is 96.5 Å². The Morgan fingerprint density at radius 1 is 1.19 bits per heavy atom.